The Bertz CT molecular complexity index is 1050. The lowest BCUT2D eigenvalue weighted by atomic mass is 10.0. The van der Waals surface area contributed by atoms with Gasteiger partial charge in [-0.2, -0.15) is 4.52 Å². The lowest BCUT2D eigenvalue weighted by Crippen LogP contribution is -2.48. The van der Waals surface area contributed by atoms with Gasteiger partial charge in [0.2, 0.25) is 16.6 Å². The predicted molar refractivity (Wildman–Crippen MR) is 120 cm³/mol. The molecule has 2 N–H and O–H groups in total. The molecule has 11 heteroatoms. The van der Waals surface area contributed by atoms with Crippen molar-refractivity contribution >= 4 is 16.3 Å². The molecule has 0 saturated carbocycles. The average molecular weight is 464 g/mol. The van der Waals surface area contributed by atoms with Crippen molar-refractivity contribution in [2.24, 2.45) is 0 Å². The number of aliphatic hydroxyl groups is 1. The molecular weight excluding hydrogens is 434 g/mol. The highest BCUT2D eigenvalue weighted by Gasteiger charge is 2.33. The van der Waals surface area contributed by atoms with Crippen LogP contribution in [0.3, 0.4) is 0 Å². The van der Waals surface area contributed by atoms with Gasteiger partial charge in [0.05, 0.1) is 38.9 Å². The fourth-order valence-electron chi connectivity index (χ4n) is 4.20. The van der Waals surface area contributed by atoms with E-state index in [0.29, 0.717) is 34.6 Å². The van der Waals surface area contributed by atoms with Gasteiger partial charge in [0.15, 0.2) is 11.5 Å². The molecule has 3 aromatic rings. The van der Waals surface area contributed by atoms with Gasteiger partial charge in [-0.15, -0.1) is 5.10 Å². The smallest absolute Gasteiger partial charge is 0.230 e. The Kier molecular flexibility index (Phi) is 6.70. The van der Waals surface area contributed by atoms with Gasteiger partial charge in [0.1, 0.15) is 5.82 Å². The van der Waals surface area contributed by atoms with Crippen LogP contribution in [0.1, 0.15) is 22.3 Å². The molecule has 0 radical (unpaired) electrons. The van der Waals surface area contributed by atoms with Crippen LogP contribution >= 0.6 is 11.3 Å². The van der Waals surface area contributed by atoms with Crippen molar-refractivity contribution in [3.8, 4) is 23.1 Å². The Morgan fingerprint density at radius 1 is 1.06 bits per heavy atom. The molecule has 0 unspecified atom stereocenters. The summed E-state index contributed by atoms with van der Waals surface area (Å²) in [6.07, 6.45) is 0. The fourth-order valence-corrected chi connectivity index (χ4v) is 5.36. The van der Waals surface area contributed by atoms with E-state index in [-0.39, 0.29) is 18.5 Å². The summed E-state index contributed by atoms with van der Waals surface area (Å²) in [5, 5.41) is 24.7. The Hall–Kier alpha value is -2.60. The lowest BCUT2D eigenvalue weighted by Gasteiger charge is -2.39. The van der Waals surface area contributed by atoms with Gasteiger partial charge in [0, 0.05) is 32.7 Å². The third-order valence-corrected chi connectivity index (χ3v) is 6.82. The zero-order valence-electron chi connectivity index (χ0n) is 18.7. The molecule has 32 heavy (non-hydrogen) atoms. The summed E-state index contributed by atoms with van der Waals surface area (Å²) in [4.78, 5) is 10.4. The zero-order valence-corrected chi connectivity index (χ0v) is 19.6. The SMILES string of the molecule is COc1cc([C@H](c2sc3nc(C)nn3c2O)N2CCN(CCO)CC2)cc(OC)c1OC. The van der Waals surface area contributed by atoms with Crippen LogP contribution in [0, 0.1) is 6.92 Å². The summed E-state index contributed by atoms with van der Waals surface area (Å²) in [5.74, 6) is 2.33. The minimum atomic E-state index is -0.256. The number of thiazole rings is 1. The molecule has 1 saturated heterocycles. The second-order valence-electron chi connectivity index (χ2n) is 7.61. The van der Waals surface area contributed by atoms with E-state index in [0.717, 1.165) is 36.6 Å². The number of methoxy groups -OCH3 is 3. The number of fused-ring (bicyclic) bond motifs is 1. The van der Waals surface area contributed by atoms with Crippen molar-refractivity contribution in [2.45, 2.75) is 13.0 Å². The quantitative estimate of drug-likeness (QED) is 0.515. The standard InChI is InChI=1S/C21H29N5O5S/c1-13-22-21-26(23-13)20(28)19(32-21)17(25-7-5-24(6-8-25)9-10-27)14-11-15(29-2)18(31-4)16(12-14)30-3/h11-12,17,27-28H,5-10H2,1-4H3/t17-/m1/s1. The number of piperazine rings is 1. The zero-order chi connectivity index (χ0) is 22.8. The Balaban J connectivity index is 1.81. The number of ether oxygens (including phenoxy) is 3. The van der Waals surface area contributed by atoms with Crippen molar-refractivity contribution in [1.82, 2.24) is 24.4 Å². The van der Waals surface area contributed by atoms with Crippen LogP contribution in [0.25, 0.3) is 4.96 Å². The van der Waals surface area contributed by atoms with Gasteiger partial charge in [0.25, 0.3) is 0 Å². The number of benzene rings is 1. The Morgan fingerprint density at radius 3 is 2.25 bits per heavy atom. The number of nitrogens with zero attached hydrogens (tertiary/aromatic N) is 5. The molecule has 1 aromatic carbocycles. The van der Waals surface area contributed by atoms with Crippen LogP contribution < -0.4 is 14.2 Å². The predicted octanol–water partition coefficient (Wildman–Crippen LogP) is 1.53. The van der Waals surface area contributed by atoms with Gasteiger partial charge in [-0.3, -0.25) is 9.80 Å². The summed E-state index contributed by atoms with van der Waals surface area (Å²) in [6, 6.07) is 3.59. The number of hydrogen-bond donors (Lipinski definition) is 2. The molecular formula is C21H29N5O5S. The Labute approximate surface area is 190 Å². The van der Waals surface area contributed by atoms with Crippen LogP contribution in [-0.2, 0) is 0 Å². The number of aryl methyl sites for hydroxylation is 1. The number of hydrogen-bond acceptors (Lipinski definition) is 10. The van der Waals surface area contributed by atoms with Crippen LogP contribution in [0.5, 0.6) is 23.1 Å². The van der Waals surface area contributed by atoms with Crippen LogP contribution in [-0.4, -0.2) is 95.3 Å². The van der Waals surface area contributed by atoms with E-state index in [1.165, 1.54) is 15.9 Å². The monoisotopic (exact) mass is 463 g/mol. The van der Waals surface area contributed by atoms with Gasteiger partial charge in [-0.25, -0.2) is 4.98 Å². The van der Waals surface area contributed by atoms with Crippen molar-refractivity contribution in [1.29, 1.82) is 0 Å². The van der Waals surface area contributed by atoms with Crippen LogP contribution in [0.4, 0.5) is 0 Å². The number of β-amino-alcohol motifs (C(OH)–C–C–N with tert-alkyl or cyclic N) is 1. The molecule has 2 aromatic heterocycles. The first kappa shape index (κ1) is 22.6. The molecule has 0 aliphatic carbocycles. The summed E-state index contributed by atoms with van der Waals surface area (Å²) in [7, 11) is 4.76. The number of aromatic nitrogens is 3. The second kappa shape index (κ2) is 9.49. The molecule has 10 nitrogen and oxygen atoms in total. The summed E-state index contributed by atoms with van der Waals surface area (Å²) < 4.78 is 18.1. The largest absolute Gasteiger partial charge is 0.493 e. The third kappa shape index (κ3) is 4.08. The molecule has 4 rings (SSSR count). The fraction of sp³-hybridized carbons (Fsp3) is 0.524. The number of aromatic hydroxyl groups is 1. The van der Waals surface area contributed by atoms with Gasteiger partial charge in [-0.1, -0.05) is 11.3 Å². The van der Waals surface area contributed by atoms with Gasteiger partial charge >= 0.3 is 0 Å². The second-order valence-corrected chi connectivity index (χ2v) is 8.61. The highest BCUT2D eigenvalue weighted by Crippen LogP contribution is 2.45. The molecule has 1 atom stereocenters. The first-order chi connectivity index (χ1) is 15.5. The summed E-state index contributed by atoms with van der Waals surface area (Å²) in [6.45, 7) is 5.79. The van der Waals surface area contributed by atoms with Crippen molar-refractivity contribution in [2.75, 3.05) is 60.7 Å². The minimum Gasteiger partial charge on any atom is -0.493 e. The first-order valence-electron chi connectivity index (χ1n) is 10.4. The van der Waals surface area contributed by atoms with E-state index < -0.39 is 0 Å². The molecule has 1 fully saturated rings. The van der Waals surface area contributed by atoms with E-state index >= 15 is 0 Å². The van der Waals surface area contributed by atoms with E-state index in [1.54, 1.807) is 28.3 Å². The van der Waals surface area contributed by atoms with Crippen molar-refractivity contribution < 1.29 is 24.4 Å². The maximum atomic E-state index is 11.1. The highest BCUT2D eigenvalue weighted by molar-refractivity contribution is 7.17. The molecule has 3 heterocycles. The van der Waals surface area contributed by atoms with Crippen LogP contribution in [0.15, 0.2) is 12.1 Å². The Morgan fingerprint density at radius 2 is 1.72 bits per heavy atom. The molecule has 0 bridgehead atoms. The van der Waals surface area contributed by atoms with Crippen molar-refractivity contribution in [3.63, 3.8) is 0 Å². The summed E-state index contributed by atoms with van der Waals surface area (Å²) >= 11 is 1.42. The minimum absolute atomic E-state index is 0.0853. The number of aliphatic hydroxyl groups excluding tert-OH is 1. The summed E-state index contributed by atoms with van der Waals surface area (Å²) in [5.41, 5.74) is 0.909. The van der Waals surface area contributed by atoms with Crippen molar-refractivity contribution in [3.05, 3.63) is 28.4 Å². The van der Waals surface area contributed by atoms with E-state index in [2.05, 4.69) is 19.9 Å². The molecule has 1 aliphatic rings. The van der Waals surface area contributed by atoms with E-state index in [9.17, 15) is 10.2 Å². The third-order valence-electron chi connectivity index (χ3n) is 5.75. The maximum absolute atomic E-state index is 11.1. The molecule has 0 spiro atoms. The van der Waals surface area contributed by atoms with Crippen LogP contribution in [0.2, 0.25) is 0 Å². The highest BCUT2D eigenvalue weighted by atomic mass is 32.1. The molecule has 174 valence electrons. The maximum Gasteiger partial charge on any atom is 0.230 e. The topological polar surface area (TPSA) is 105 Å². The normalized spacial score (nSPS) is 16.4. The first-order valence-corrected chi connectivity index (χ1v) is 11.2. The molecule has 0 amide bonds. The lowest BCUT2D eigenvalue weighted by molar-refractivity contribution is 0.0944. The van der Waals surface area contributed by atoms with E-state index in [1.807, 2.05) is 12.1 Å². The van der Waals surface area contributed by atoms with E-state index in [4.69, 9.17) is 14.2 Å². The number of rotatable bonds is 8. The van der Waals surface area contributed by atoms with Gasteiger partial charge in [-0.05, 0) is 24.6 Å². The molecule has 1 aliphatic heterocycles. The van der Waals surface area contributed by atoms with Gasteiger partial charge < -0.3 is 24.4 Å². The average Bonchev–Trinajstić information content (AvgIpc) is 3.31.